The molecular weight excluding hydrogens is 404 g/mol. The van der Waals surface area contributed by atoms with Gasteiger partial charge in [-0.25, -0.2) is 4.98 Å². The number of anilines is 1. The van der Waals surface area contributed by atoms with Crippen molar-refractivity contribution in [1.29, 1.82) is 0 Å². The molecule has 2 aromatic carbocycles. The highest BCUT2D eigenvalue weighted by Crippen LogP contribution is 2.32. The van der Waals surface area contributed by atoms with Crippen LogP contribution < -0.4 is 19.5 Å². The van der Waals surface area contributed by atoms with Gasteiger partial charge in [0.25, 0.3) is 5.91 Å². The Balaban J connectivity index is 1.41. The molecule has 1 amide bonds. The van der Waals surface area contributed by atoms with E-state index in [-0.39, 0.29) is 12.5 Å². The first-order chi connectivity index (χ1) is 14.6. The molecule has 3 heterocycles. The van der Waals surface area contributed by atoms with E-state index in [0.717, 1.165) is 21.7 Å². The third-order valence-corrected chi connectivity index (χ3v) is 5.64. The summed E-state index contributed by atoms with van der Waals surface area (Å²) in [6.45, 7) is 2.00. The van der Waals surface area contributed by atoms with E-state index in [1.807, 2.05) is 43.3 Å². The highest BCUT2D eigenvalue weighted by molar-refractivity contribution is 7.20. The fourth-order valence-electron chi connectivity index (χ4n) is 3.20. The van der Waals surface area contributed by atoms with Crippen molar-refractivity contribution in [3.63, 3.8) is 0 Å². The second-order valence-corrected chi connectivity index (χ2v) is 7.78. The van der Waals surface area contributed by atoms with Crippen LogP contribution >= 0.6 is 11.3 Å². The number of amides is 1. The zero-order valence-electron chi connectivity index (χ0n) is 16.3. The van der Waals surface area contributed by atoms with E-state index in [2.05, 4.69) is 15.4 Å². The van der Waals surface area contributed by atoms with E-state index in [1.54, 1.807) is 23.9 Å². The second kappa shape index (κ2) is 7.34. The molecule has 0 unspecified atom stereocenters. The minimum absolute atomic E-state index is 0.136. The lowest BCUT2D eigenvalue weighted by Gasteiger charge is -2.25. The first-order valence-corrected chi connectivity index (χ1v) is 10.1. The van der Waals surface area contributed by atoms with Gasteiger partial charge >= 0.3 is 0 Å². The maximum Gasteiger partial charge on any atom is 0.270 e. The summed E-state index contributed by atoms with van der Waals surface area (Å²) in [5.74, 6) is 2.15. The summed E-state index contributed by atoms with van der Waals surface area (Å²) in [7, 11) is 1.63. The lowest BCUT2D eigenvalue weighted by atomic mass is 10.2. The maximum atomic E-state index is 12.8. The average Bonchev–Trinajstić information content (AvgIpc) is 3.35. The summed E-state index contributed by atoms with van der Waals surface area (Å²) in [4.78, 5) is 17.5. The summed E-state index contributed by atoms with van der Waals surface area (Å²) in [5.41, 5.74) is 1.59. The normalized spacial score (nSPS) is 15.2. The van der Waals surface area contributed by atoms with Crippen LogP contribution in [0.3, 0.4) is 0 Å². The van der Waals surface area contributed by atoms with E-state index >= 15 is 0 Å². The molecule has 1 atom stereocenters. The fraction of sp³-hybridized carbons (Fsp3) is 0.190. The number of carbonyl (C=O) groups excluding carboxylic acids is 1. The van der Waals surface area contributed by atoms with E-state index in [0.29, 0.717) is 22.4 Å². The summed E-state index contributed by atoms with van der Waals surface area (Å²) >= 11 is 1.46. The summed E-state index contributed by atoms with van der Waals surface area (Å²) in [6.07, 6.45) is -0.761. The van der Waals surface area contributed by atoms with Crippen LogP contribution in [0.4, 0.5) is 5.82 Å². The zero-order chi connectivity index (χ0) is 20.7. The molecule has 152 valence electrons. The van der Waals surface area contributed by atoms with Gasteiger partial charge in [0.1, 0.15) is 18.2 Å². The summed E-state index contributed by atoms with van der Waals surface area (Å²) < 4.78 is 19.3. The largest absolute Gasteiger partial charge is 0.497 e. The van der Waals surface area contributed by atoms with Crippen molar-refractivity contribution < 1.29 is 19.0 Å². The minimum Gasteiger partial charge on any atom is -0.497 e. The molecule has 1 aliphatic rings. The van der Waals surface area contributed by atoms with E-state index < -0.39 is 6.10 Å². The molecule has 4 aromatic rings. The number of rotatable bonds is 4. The number of thiazole rings is 1. The lowest BCUT2D eigenvalue weighted by Crippen LogP contribution is -2.40. The molecule has 2 aromatic heterocycles. The lowest BCUT2D eigenvalue weighted by molar-refractivity contribution is -0.125. The minimum atomic E-state index is -0.761. The van der Waals surface area contributed by atoms with Gasteiger partial charge in [-0.1, -0.05) is 23.5 Å². The zero-order valence-corrected chi connectivity index (χ0v) is 17.1. The highest BCUT2D eigenvalue weighted by atomic mass is 32.1. The SMILES string of the molecule is COc1ccc2nc(-n3nc(C)cc3NC(=O)[C@H]3COc4ccccc4O3)sc2c1. The third-order valence-electron chi connectivity index (χ3n) is 4.65. The summed E-state index contributed by atoms with van der Waals surface area (Å²) in [6, 6.07) is 14.8. The fourth-order valence-corrected chi connectivity index (χ4v) is 4.16. The smallest absolute Gasteiger partial charge is 0.270 e. The van der Waals surface area contributed by atoms with Gasteiger partial charge in [-0.05, 0) is 37.3 Å². The number of hydrogen-bond donors (Lipinski definition) is 1. The van der Waals surface area contributed by atoms with Gasteiger partial charge < -0.3 is 19.5 Å². The molecule has 0 spiro atoms. The number of ether oxygens (including phenoxy) is 3. The molecule has 0 aliphatic carbocycles. The van der Waals surface area contributed by atoms with Crippen LogP contribution in [0.5, 0.6) is 17.2 Å². The van der Waals surface area contributed by atoms with E-state index in [4.69, 9.17) is 14.2 Å². The van der Waals surface area contributed by atoms with Crippen molar-refractivity contribution in [3.05, 3.63) is 54.2 Å². The number of benzene rings is 2. The Morgan fingerprint density at radius 1 is 1.23 bits per heavy atom. The molecule has 30 heavy (non-hydrogen) atoms. The van der Waals surface area contributed by atoms with Crippen LogP contribution in [0.1, 0.15) is 5.69 Å². The number of para-hydroxylation sites is 2. The first-order valence-electron chi connectivity index (χ1n) is 9.32. The van der Waals surface area contributed by atoms with Gasteiger partial charge in [-0.3, -0.25) is 4.79 Å². The van der Waals surface area contributed by atoms with Gasteiger partial charge in [0, 0.05) is 6.07 Å². The highest BCUT2D eigenvalue weighted by Gasteiger charge is 2.28. The Hall–Kier alpha value is -3.59. The number of methoxy groups -OCH3 is 1. The molecule has 5 rings (SSSR count). The number of fused-ring (bicyclic) bond motifs is 2. The van der Waals surface area contributed by atoms with Crippen LogP contribution in [-0.2, 0) is 4.79 Å². The Morgan fingerprint density at radius 3 is 2.90 bits per heavy atom. The van der Waals surface area contributed by atoms with E-state index in [9.17, 15) is 4.79 Å². The number of aromatic nitrogens is 3. The molecule has 9 heteroatoms. The molecule has 0 saturated carbocycles. The van der Waals surface area contributed by atoms with Crippen LogP contribution in [0, 0.1) is 6.92 Å². The molecule has 0 saturated heterocycles. The van der Waals surface area contributed by atoms with Crippen LogP contribution in [0.15, 0.2) is 48.5 Å². The van der Waals surface area contributed by atoms with E-state index in [1.165, 1.54) is 11.3 Å². The molecule has 1 N–H and O–H groups in total. The van der Waals surface area contributed by atoms with Crippen molar-refractivity contribution in [1.82, 2.24) is 14.8 Å². The van der Waals surface area contributed by atoms with Crippen molar-refractivity contribution in [2.24, 2.45) is 0 Å². The van der Waals surface area contributed by atoms with Crippen LogP contribution in [0.2, 0.25) is 0 Å². The number of nitrogens with zero attached hydrogens (tertiary/aromatic N) is 3. The van der Waals surface area contributed by atoms with Crippen molar-refractivity contribution in [3.8, 4) is 22.4 Å². The Labute approximate surface area is 176 Å². The van der Waals surface area contributed by atoms with Gasteiger partial charge in [0.05, 0.1) is 23.0 Å². The number of carbonyl (C=O) groups is 1. The van der Waals surface area contributed by atoms with Gasteiger partial charge in [0.15, 0.2) is 11.5 Å². The standard InChI is InChI=1S/C21H18N4O4S/c1-12-9-19(23-20(26)17-11-28-15-5-3-4-6-16(15)29-17)25(24-12)21-22-14-8-7-13(27-2)10-18(14)30-21/h3-10,17H,11H2,1-2H3,(H,23,26)/t17-/m1/s1. The van der Waals surface area contributed by atoms with Crippen LogP contribution in [0.25, 0.3) is 15.3 Å². The second-order valence-electron chi connectivity index (χ2n) is 6.77. The van der Waals surface area contributed by atoms with Gasteiger partial charge in [-0.15, -0.1) is 0 Å². The number of hydrogen-bond acceptors (Lipinski definition) is 7. The molecule has 0 radical (unpaired) electrons. The Bertz CT molecular complexity index is 1250. The predicted molar refractivity (Wildman–Crippen MR) is 113 cm³/mol. The van der Waals surface area contributed by atoms with Gasteiger partial charge in [-0.2, -0.15) is 9.78 Å². The first kappa shape index (κ1) is 18.4. The average molecular weight is 422 g/mol. The topological polar surface area (TPSA) is 87.5 Å². The molecule has 1 aliphatic heterocycles. The van der Waals surface area contributed by atoms with Crippen molar-refractivity contribution in [2.75, 3.05) is 19.0 Å². The Kier molecular flexibility index (Phi) is 4.51. The number of nitrogens with one attached hydrogen (secondary N) is 1. The predicted octanol–water partition coefficient (Wildman–Crippen LogP) is 3.58. The Morgan fingerprint density at radius 2 is 2.07 bits per heavy atom. The monoisotopic (exact) mass is 422 g/mol. The van der Waals surface area contributed by atoms with Crippen molar-refractivity contribution in [2.45, 2.75) is 13.0 Å². The van der Waals surface area contributed by atoms with Gasteiger partial charge in [0.2, 0.25) is 11.2 Å². The number of aryl methyl sites for hydroxylation is 1. The molecule has 0 fully saturated rings. The maximum absolute atomic E-state index is 12.8. The third kappa shape index (κ3) is 3.33. The molecule has 8 nitrogen and oxygen atoms in total. The quantitative estimate of drug-likeness (QED) is 0.541. The molecular formula is C21H18N4O4S. The molecule has 0 bridgehead atoms. The van der Waals surface area contributed by atoms with Crippen LogP contribution in [-0.4, -0.2) is 40.5 Å². The summed E-state index contributed by atoms with van der Waals surface area (Å²) in [5, 5.41) is 8.04. The van der Waals surface area contributed by atoms with Crippen molar-refractivity contribution >= 4 is 33.3 Å².